The van der Waals surface area contributed by atoms with Crippen LogP contribution in [0.3, 0.4) is 0 Å². The van der Waals surface area contributed by atoms with Gasteiger partial charge in [0, 0.05) is 10.7 Å². The second-order valence-corrected chi connectivity index (χ2v) is 4.59. The Bertz CT molecular complexity index is 466. The van der Waals surface area contributed by atoms with Gasteiger partial charge < -0.3 is 10.5 Å². The third-order valence-corrected chi connectivity index (χ3v) is 2.86. The Morgan fingerprint density at radius 3 is 2.67 bits per heavy atom. The fraction of sp³-hybridized carbons (Fsp3) is 0.200. The molecule has 2 N–H and O–H groups in total. The lowest BCUT2D eigenvalue weighted by molar-refractivity contribution is 0.311. The first-order chi connectivity index (χ1) is 8.74. The van der Waals surface area contributed by atoms with E-state index in [4.69, 9.17) is 22.1 Å². The lowest BCUT2D eigenvalue weighted by atomic mass is 10.1. The second kappa shape index (κ2) is 6.31. The molecule has 0 radical (unpaired) electrons. The number of ether oxygens (including phenoxy) is 1. The fourth-order valence-electron chi connectivity index (χ4n) is 1.77. The Hall–Kier alpha value is -1.67. The number of aryl methyl sites for hydroxylation is 1. The molecule has 0 spiro atoms. The summed E-state index contributed by atoms with van der Waals surface area (Å²) in [6.45, 7) is 0.676. The third kappa shape index (κ3) is 3.97. The molecule has 2 aromatic carbocycles. The van der Waals surface area contributed by atoms with Crippen LogP contribution in [0.5, 0.6) is 5.75 Å². The zero-order chi connectivity index (χ0) is 12.8. The summed E-state index contributed by atoms with van der Waals surface area (Å²) in [4.78, 5) is 0. The van der Waals surface area contributed by atoms with E-state index >= 15 is 0 Å². The molecule has 2 aromatic rings. The molecule has 0 heterocycles. The van der Waals surface area contributed by atoms with Crippen molar-refractivity contribution in [3.63, 3.8) is 0 Å². The summed E-state index contributed by atoms with van der Waals surface area (Å²) in [5, 5.41) is 0.698. The van der Waals surface area contributed by atoms with Crippen molar-refractivity contribution >= 4 is 17.3 Å². The summed E-state index contributed by atoms with van der Waals surface area (Å²) < 4.78 is 5.62. The SMILES string of the molecule is Nc1cccc(CCCOc2cccc(Cl)c2)c1. The van der Waals surface area contributed by atoms with Crippen molar-refractivity contribution in [3.05, 3.63) is 59.1 Å². The maximum Gasteiger partial charge on any atom is 0.120 e. The molecule has 2 nitrogen and oxygen atoms in total. The van der Waals surface area contributed by atoms with Gasteiger partial charge in [0.1, 0.15) is 5.75 Å². The summed E-state index contributed by atoms with van der Waals surface area (Å²) in [5.74, 6) is 0.815. The van der Waals surface area contributed by atoms with Crippen molar-refractivity contribution in [1.29, 1.82) is 0 Å². The van der Waals surface area contributed by atoms with Gasteiger partial charge in [0.2, 0.25) is 0 Å². The van der Waals surface area contributed by atoms with Gasteiger partial charge in [-0.2, -0.15) is 0 Å². The van der Waals surface area contributed by atoms with Crippen molar-refractivity contribution < 1.29 is 4.74 Å². The Morgan fingerprint density at radius 2 is 1.89 bits per heavy atom. The highest BCUT2D eigenvalue weighted by atomic mass is 35.5. The molecule has 0 amide bonds. The summed E-state index contributed by atoms with van der Waals surface area (Å²) >= 11 is 5.88. The number of nitrogens with two attached hydrogens (primary N) is 1. The number of benzene rings is 2. The molecule has 0 bridgehead atoms. The smallest absolute Gasteiger partial charge is 0.120 e. The van der Waals surface area contributed by atoms with Crippen LogP contribution < -0.4 is 10.5 Å². The molecule has 2 rings (SSSR count). The number of nitrogen functional groups attached to an aromatic ring is 1. The lowest BCUT2D eigenvalue weighted by Crippen LogP contribution is -1.99. The topological polar surface area (TPSA) is 35.2 Å². The minimum absolute atomic E-state index is 0.676. The van der Waals surface area contributed by atoms with Crippen LogP contribution in [-0.2, 0) is 6.42 Å². The molecule has 0 aliphatic carbocycles. The Morgan fingerprint density at radius 1 is 1.06 bits per heavy atom. The number of anilines is 1. The maximum atomic E-state index is 5.88. The Balaban J connectivity index is 1.76. The highest BCUT2D eigenvalue weighted by Gasteiger charge is 1.97. The standard InChI is InChI=1S/C15H16ClNO/c16-13-6-2-8-15(11-13)18-9-3-5-12-4-1-7-14(17)10-12/h1-2,4,6-8,10-11H,3,5,9,17H2. The van der Waals surface area contributed by atoms with Gasteiger partial charge in [-0.05, 0) is 48.7 Å². The highest BCUT2D eigenvalue weighted by molar-refractivity contribution is 6.30. The van der Waals surface area contributed by atoms with Crippen LogP contribution in [0.4, 0.5) is 5.69 Å². The first-order valence-corrected chi connectivity index (χ1v) is 6.34. The van der Waals surface area contributed by atoms with Crippen molar-refractivity contribution in [3.8, 4) is 5.75 Å². The highest BCUT2D eigenvalue weighted by Crippen LogP contribution is 2.17. The van der Waals surface area contributed by atoms with E-state index in [9.17, 15) is 0 Å². The van der Waals surface area contributed by atoms with Crippen LogP contribution in [-0.4, -0.2) is 6.61 Å². The van der Waals surface area contributed by atoms with Gasteiger partial charge in [-0.25, -0.2) is 0 Å². The molecular weight excluding hydrogens is 246 g/mol. The molecule has 0 aromatic heterocycles. The monoisotopic (exact) mass is 261 g/mol. The predicted molar refractivity (Wildman–Crippen MR) is 76.1 cm³/mol. The van der Waals surface area contributed by atoms with E-state index in [1.165, 1.54) is 5.56 Å². The third-order valence-electron chi connectivity index (χ3n) is 2.63. The van der Waals surface area contributed by atoms with Crippen LogP contribution in [0.25, 0.3) is 0 Å². The molecule has 18 heavy (non-hydrogen) atoms. The molecule has 0 saturated carbocycles. The molecule has 0 fully saturated rings. The molecular formula is C15H16ClNO. The van der Waals surface area contributed by atoms with Crippen LogP contribution in [0.15, 0.2) is 48.5 Å². The van der Waals surface area contributed by atoms with E-state index < -0.39 is 0 Å². The summed E-state index contributed by atoms with van der Waals surface area (Å²) in [6.07, 6.45) is 1.92. The van der Waals surface area contributed by atoms with Gasteiger partial charge in [-0.3, -0.25) is 0 Å². The van der Waals surface area contributed by atoms with Crippen LogP contribution in [0, 0.1) is 0 Å². The largest absolute Gasteiger partial charge is 0.494 e. The molecule has 0 atom stereocenters. The lowest BCUT2D eigenvalue weighted by Gasteiger charge is -2.06. The van der Waals surface area contributed by atoms with E-state index in [2.05, 4.69) is 6.07 Å². The number of rotatable bonds is 5. The Kier molecular flexibility index (Phi) is 4.48. The number of halogens is 1. The molecule has 0 saturated heterocycles. The van der Waals surface area contributed by atoms with Gasteiger partial charge >= 0.3 is 0 Å². The van der Waals surface area contributed by atoms with Crippen molar-refractivity contribution in [2.45, 2.75) is 12.8 Å². The van der Waals surface area contributed by atoms with Gasteiger partial charge in [-0.15, -0.1) is 0 Å². The van der Waals surface area contributed by atoms with Gasteiger partial charge in [0.05, 0.1) is 6.61 Å². The van der Waals surface area contributed by atoms with E-state index in [0.29, 0.717) is 11.6 Å². The van der Waals surface area contributed by atoms with Crippen molar-refractivity contribution in [2.24, 2.45) is 0 Å². The van der Waals surface area contributed by atoms with Crippen LogP contribution in [0.2, 0.25) is 5.02 Å². The minimum Gasteiger partial charge on any atom is -0.494 e. The van der Waals surface area contributed by atoms with Crippen LogP contribution >= 0.6 is 11.6 Å². The van der Waals surface area contributed by atoms with E-state index in [1.807, 2.05) is 42.5 Å². The number of hydrogen-bond donors (Lipinski definition) is 1. The molecule has 0 aliphatic rings. The van der Waals surface area contributed by atoms with Crippen molar-refractivity contribution in [1.82, 2.24) is 0 Å². The number of hydrogen-bond acceptors (Lipinski definition) is 2. The zero-order valence-electron chi connectivity index (χ0n) is 10.1. The summed E-state index contributed by atoms with van der Waals surface area (Å²) in [6, 6.07) is 15.4. The maximum absolute atomic E-state index is 5.88. The van der Waals surface area contributed by atoms with Crippen molar-refractivity contribution in [2.75, 3.05) is 12.3 Å². The second-order valence-electron chi connectivity index (χ2n) is 4.15. The zero-order valence-corrected chi connectivity index (χ0v) is 10.9. The first-order valence-electron chi connectivity index (χ1n) is 5.97. The summed E-state index contributed by atoms with van der Waals surface area (Å²) in [5.41, 5.74) is 7.77. The van der Waals surface area contributed by atoms with Gasteiger partial charge in [0.25, 0.3) is 0 Å². The molecule has 3 heteroatoms. The van der Waals surface area contributed by atoms with Gasteiger partial charge in [-0.1, -0.05) is 29.8 Å². The predicted octanol–water partition coefficient (Wildman–Crippen LogP) is 3.93. The Labute approximate surface area is 112 Å². The molecule has 0 unspecified atom stereocenters. The van der Waals surface area contributed by atoms with E-state index in [-0.39, 0.29) is 0 Å². The average molecular weight is 262 g/mol. The van der Waals surface area contributed by atoms with E-state index in [0.717, 1.165) is 24.3 Å². The summed E-state index contributed by atoms with van der Waals surface area (Å²) in [7, 11) is 0. The molecule has 94 valence electrons. The fourth-order valence-corrected chi connectivity index (χ4v) is 1.95. The average Bonchev–Trinajstić information content (AvgIpc) is 2.35. The van der Waals surface area contributed by atoms with Crippen LogP contribution in [0.1, 0.15) is 12.0 Å². The quantitative estimate of drug-likeness (QED) is 0.654. The minimum atomic E-state index is 0.676. The molecule has 0 aliphatic heterocycles. The normalized spacial score (nSPS) is 10.3. The van der Waals surface area contributed by atoms with E-state index in [1.54, 1.807) is 0 Å². The first kappa shape index (κ1) is 12.8. The van der Waals surface area contributed by atoms with Gasteiger partial charge in [0.15, 0.2) is 0 Å².